The summed E-state index contributed by atoms with van der Waals surface area (Å²) in [4.78, 5) is 0. The van der Waals surface area contributed by atoms with Crippen molar-refractivity contribution in [1.29, 1.82) is 0 Å². The van der Waals surface area contributed by atoms with Crippen LogP contribution in [0.3, 0.4) is 0 Å². The second kappa shape index (κ2) is 12.4. The molecular formula is C27H33F5O2. The van der Waals surface area contributed by atoms with E-state index >= 15 is 0 Å². The zero-order valence-electron chi connectivity index (χ0n) is 19.8. The Morgan fingerprint density at radius 1 is 0.853 bits per heavy atom. The lowest BCUT2D eigenvalue weighted by molar-refractivity contribution is 0.186. The summed E-state index contributed by atoms with van der Waals surface area (Å²) in [6, 6.07) is 5.26. The Kier molecular flexibility index (Phi) is 9.60. The quantitative estimate of drug-likeness (QED) is 0.237. The van der Waals surface area contributed by atoms with Crippen LogP contribution in [0.15, 0.2) is 24.3 Å². The van der Waals surface area contributed by atoms with Gasteiger partial charge in [-0.3, -0.25) is 0 Å². The van der Waals surface area contributed by atoms with Gasteiger partial charge in [-0.15, -0.1) is 0 Å². The molecule has 0 N–H and O–H groups in total. The third-order valence-corrected chi connectivity index (χ3v) is 6.79. The average molecular weight is 485 g/mol. The fourth-order valence-electron chi connectivity index (χ4n) is 4.78. The first-order valence-electron chi connectivity index (χ1n) is 12.1. The lowest BCUT2D eigenvalue weighted by Gasteiger charge is -2.29. The maximum Gasteiger partial charge on any atom is 0.204 e. The summed E-state index contributed by atoms with van der Waals surface area (Å²) in [5.74, 6) is -4.65. The zero-order chi connectivity index (χ0) is 24.7. The van der Waals surface area contributed by atoms with Crippen LogP contribution in [0.1, 0.15) is 75.3 Å². The van der Waals surface area contributed by atoms with Gasteiger partial charge in [0.1, 0.15) is 12.8 Å². The molecule has 0 amide bonds. The molecule has 1 unspecified atom stereocenters. The largest absolute Gasteiger partial charge is 0.494 e. The highest BCUT2D eigenvalue weighted by Gasteiger charge is 2.27. The van der Waals surface area contributed by atoms with Crippen molar-refractivity contribution in [1.82, 2.24) is 0 Å². The van der Waals surface area contributed by atoms with E-state index in [1.165, 1.54) is 38.9 Å². The van der Waals surface area contributed by atoms with E-state index in [0.717, 1.165) is 37.8 Å². The monoisotopic (exact) mass is 484 g/mol. The number of hydrogen-bond donors (Lipinski definition) is 0. The smallest absolute Gasteiger partial charge is 0.204 e. The van der Waals surface area contributed by atoms with E-state index in [1.807, 2.05) is 0 Å². The molecule has 34 heavy (non-hydrogen) atoms. The molecule has 1 atom stereocenters. The molecule has 188 valence electrons. The van der Waals surface area contributed by atoms with E-state index in [2.05, 4.69) is 11.7 Å². The molecular weight excluding hydrogens is 451 g/mol. The molecule has 7 heteroatoms. The average Bonchev–Trinajstić information content (AvgIpc) is 2.84. The van der Waals surface area contributed by atoms with Crippen molar-refractivity contribution in [2.24, 2.45) is 5.92 Å². The van der Waals surface area contributed by atoms with E-state index in [9.17, 15) is 22.0 Å². The fourth-order valence-corrected chi connectivity index (χ4v) is 4.78. The maximum atomic E-state index is 14.8. The molecule has 0 bridgehead atoms. The second-order valence-corrected chi connectivity index (χ2v) is 9.16. The molecule has 2 aromatic carbocycles. The van der Waals surface area contributed by atoms with E-state index in [0.29, 0.717) is 11.5 Å². The molecule has 0 heterocycles. The van der Waals surface area contributed by atoms with Gasteiger partial charge in [0.2, 0.25) is 11.6 Å². The van der Waals surface area contributed by atoms with Gasteiger partial charge in [0.25, 0.3) is 0 Å². The number of rotatable bonds is 11. The Labute approximate surface area is 198 Å². The van der Waals surface area contributed by atoms with Crippen LogP contribution in [-0.4, -0.2) is 19.9 Å². The Morgan fingerprint density at radius 2 is 1.53 bits per heavy atom. The first-order valence-corrected chi connectivity index (χ1v) is 12.1. The highest BCUT2D eigenvalue weighted by atomic mass is 19.2. The number of halogens is 5. The highest BCUT2D eigenvalue weighted by Crippen LogP contribution is 2.39. The van der Waals surface area contributed by atoms with Gasteiger partial charge in [-0.05, 0) is 60.8 Å². The van der Waals surface area contributed by atoms with Crippen LogP contribution in [-0.2, 0) is 6.42 Å². The van der Waals surface area contributed by atoms with Crippen LogP contribution in [0.5, 0.6) is 11.5 Å². The lowest BCUT2D eigenvalue weighted by atomic mass is 9.76. The highest BCUT2D eigenvalue weighted by molar-refractivity contribution is 5.35. The molecule has 0 radical (unpaired) electrons. The molecule has 1 aliphatic rings. The second-order valence-electron chi connectivity index (χ2n) is 9.16. The molecule has 0 saturated heterocycles. The third kappa shape index (κ3) is 6.42. The van der Waals surface area contributed by atoms with Crippen LogP contribution >= 0.6 is 0 Å². The Morgan fingerprint density at radius 3 is 2.21 bits per heavy atom. The van der Waals surface area contributed by atoms with Crippen LogP contribution in [0.2, 0.25) is 0 Å². The van der Waals surface area contributed by atoms with Crippen molar-refractivity contribution in [3.8, 4) is 11.5 Å². The molecule has 1 fully saturated rings. The Hall–Kier alpha value is -2.31. The van der Waals surface area contributed by atoms with Crippen LogP contribution in [0, 0.1) is 29.2 Å². The summed E-state index contributed by atoms with van der Waals surface area (Å²) in [5, 5.41) is 0. The topological polar surface area (TPSA) is 18.5 Å². The number of hydrogen-bond acceptors (Lipinski definition) is 2. The molecule has 0 aliphatic heterocycles. The van der Waals surface area contributed by atoms with Gasteiger partial charge in [0.15, 0.2) is 23.1 Å². The molecule has 1 aliphatic carbocycles. The third-order valence-electron chi connectivity index (χ3n) is 6.79. The van der Waals surface area contributed by atoms with Crippen LogP contribution in [0.4, 0.5) is 22.0 Å². The van der Waals surface area contributed by atoms with Crippen molar-refractivity contribution in [2.45, 2.75) is 76.8 Å². The van der Waals surface area contributed by atoms with Crippen molar-refractivity contribution in [3.05, 3.63) is 58.7 Å². The molecule has 0 aromatic heterocycles. The minimum atomic E-state index is -1.73. The molecule has 1 saturated carbocycles. The minimum absolute atomic E-state index is 0.0246. The summed E-state index contributed by atoms with van der Waals surface area (Å²) < 4.78 is 81.4. The summed E-state index contributed by atoms with van der Waals surface area (Å²) >= 11 is 0. The van der Waals surface area contributed by atoms with Gasteiger partial charge in [-0.1, -0.05) is 44.7 Å². The number of methoxy groups -OCH3 is 1. The molecule has 2 nitrogen and oxygen atoms in total. The van der Waals surface area contributed by atoms with E-state index in [1.54, 1.807) is 6.07 Å². The van der Waals surface area contributed by atoms with Gasteiger partial charge in [-0.2, -0.15) is 8.78 Å². The Bertz CT molecular complexity index is 941. The summed E-state index contributed by atoms with van der Waals surface area (Å²) in [7, 11) is 1.19. The standard InChI is InChI=1S/C27H33F5O2/c1-3-4-5-6-17-7-9-18(10-8-17)21-12-11-19(24(29)25(21)30)15-20(28)16-34-23-14-13-22(33-2)26(31)27(23)32/h11-14,17-18,20H,3-10,15-16H2,1-2H3. The molecule has 2 aromatic rings. The normalized spacial score (nSPS) is 19.1. The lowest BCUT2D eigenvalue weighted by Crippen LogP contribution is -2.18. The van der Waals surface area contributed by atoms with Crippen LogP contribution in [0.25, 0.3) is 0 Å². The summed E-state index contributed by atoms with van der Waals surface area (Å²) in [5.41, 5.74) is 0.252. The molecule has 3 rings (SSSR count). The SMILES string of the molecule is CCCCCC1CCC(c2ccc(CC(F)COc3ccc(OC)c(F)c3F)c(F)c2F)CC1. The predicted octanol–water partition coefficient (Wildman–Crippen LogP) is 8.07. The minimum Gasteiger partial charge on any atom is -0.494 e. The van der Waals surface area contributed by atoms with Gasteiger partial charge >= 0.3 is 0 Å². The maximum absolute atomic E-state index is 14.8. The first-order chi connectivity index (χ1) is 16.3. The van der Waals surface area contributed by atoms with E-state index in [4.69, 9.17) is 4.74 Å². The fraction of sp³-hybridized carbons (Fsp3) is 0.556. The zero-order valence-corrected chi connectivity index (χ0v) is 19.8. The number of alkyl halides is 1. The van der Waals surface area contributed by atoms with Crippen LogP contribution < -0.4 is 9.47 Å². The van der Waals surface area contributed by atoms with Gasteiger partial charge in [-0.25, -0.2) is 13.2 Å². The van der Waals surface area contributed by atoms with Gasteiger partial charge < -0.3 is 9.47 Å². The summed E-state index contributed by atoms with van der Waals surface area (Å²) in [6.07, 6.45) is 6.36. The number of benzene rings is 2. The van der Waals surface area contributed by atoms with Gasteiger partial charge in [0.05, 0.1) is 7.11 Å². The first kappa shape index (κ1) is 26.3. The van der Waals surface area contributed by atoms with Crippen molar-refractivity contribution in [3.63, 3.8) is 0 Å². The van der Waals surface area contributed by atoms with Crippen molar-refractivity contribution < 1.29 is 31.4 Å². The molecule has 0 spiro atoms. The number of ether oxygens (including phenoxy) is 2. The number of unbranched alkanes of at least 4 members (excludes halogenated alkanes) is 2. The predicted molar refractivity (Wildman–Crippen MR) is 122 cm³/mol. The van der Waals surface area contributed by atoms with Gasteiger partial charge in [0, 0.05) is 6.42 Å². The van der Waals surface area contributed by atoms with Crippen molar-refractivity contribution >= 4 is 0 Å². The Balaban J connectivity index is 1.56. The van der Waals surface area contributed by atoms with E-state index < -0.39 is 48.2 Å². The summed E-state index contributed by atoms with van der Waals surface area (Å²) in [6.45, 7) is 1.55. The van der Waals surface area contributed by atoms with Crippen molar-refractivity contribution in [2.75, 3.05) is 13.7 Å². The van der Waals surface area contributed by atoms with E-state index in [-0.39, 0.29) is 17.2 Å².